The zero-order valence-corrected chi connectivity index (χ0v) is 17.1. The second kappa shape index (κ2) is 10.8. The lowest BCUT2D eigenvalue weighted by Crippen LogP contribution is -1.92. The van der Waals surface area contributed by atoms with Crippen LogP contribution in [0.25, 0.3) is 20.9 Å². The minimum atomic E-state index is -0.881. The molecule has 0 spiro atoms. The summed E-state index contributed by atoms with van der Waals surface area (Å²) in [6.45, 7) is 1.91. The molecule has 0 aliphatic heterocycles. The molecule has 140 valence electrons. The van der Waals surface area contributed by atoms with E-state index in [1.165, 1.54) is 10.4 Å². The molecular formula is C20H19ClN2O2S2. The normalized spacial score (nSPS) is 9.74. The predicted molar refractivity (Wildman–Crippen MR) is 116 cm³/mol. The number of rotatable bonds is 3. The first-order valence-electron chi connectivity index (χ1n) is 8.03. The summed E-state index contributed by atoms with van der Waals surface area (Å²) < 4.78 is 0. The second-order valence-corrected chi connectivity index (χ2v) is 7.16. The number of thiol groups is 1. The van der Waals surface area contributed by atoms with Gasteiger partial charge in [0.05, 0.1) is 10.8 Å². The molecule has 0 atom stereocenters. The van der Waals surface area contributed by atoms with Crippen LogP contribution in [-0.2, 0) is 4.79 Å². The number of carboxylic acid groups (broad SMARTS) is 1. The second-order valence-electron chi connectivity index (χ2n) is 5.35. The summed E-state index contributed by atoms with van der Waals surface area (Å²) >= 11 is 11.6. The number of aromatic amines is 1. The van der Waals surface area contributed by atoms with Crippen LogP contribution in [0.4, 0.5) is 0 Å². The molecule has 0 aliphatic rings. The van der Waals surface area contributed by atoms with Gasteiger partial charge in [0.2, 0.25) is 0 Å². The minimum Gasteiger partial charge on any atom is -0.481 e. The average molecular weight is 419 g/mol. The van der Waals surface area contributed by atoms with Crippen LogP contribution in [0.2, 0.25) is 5.02 Å². The molecule has 0 bridgehead atoms. The van der Waals surface area contributed by atoms with Crippen LogP contribution in [0.5, 0.6) is 0 Å². The number of benzene rings is 1. The van der Waals surface area contributed by atoms with Crippen LogP contribution in [-0.4, -0.2) is 26.8 Å². The fraction of sp³-hybridized carbons (Fsp3) is 0.100. The van der Waals surface area contributed by atoms with Gasteiger partial charge in [0, 0.05) is 27.7 Å². The number of nitrogens with one attached hydrogen (secondary N) is 1. The Morgan fingerprint density at radius 1 is 1.15 bits per heavy atom. The van der Waals surface area contributed by atoms with Gasteiger partial charge in [-0.15, -0.1) is 11.3 Å². The van der Waals surface area contributed by atoms with Crippen molar-refractivity contribution in [3.63, 3.8) is 0 Å². The van der Waals surface area contributed by atoms with Gasteiger partial charge in [-0.1, -0.05) is 41.9 Å². The van der Waals surface area contributed by atoms with Crippen LogP contribution in [0, 0.1) is 6.92 Å². The third-order valence-electron chi connectivity index (χ3n) is 3.35. The highest BCUT2D eigenvalue weighted by molar-refractivity contribution is 7.81. The van der Waals surface area contributed by atoms with Crippen molar-refractivity contribution in [2.45, 2.75) is 6.92 Å². The summed E-state index contributed by atoms with van der Waals surface area (Å²) in [6.07, 6.45) is 3.58. The SMILES string of the molecule is Cc1nccc(-c2ccc(-c3ccccc3)s2)c(Cl)cc[nH]1.O=C(O)CS. The topological polar surface area (TPSA) is 66.0 Å². The van der Waals surface area contributed by atoms with Crippen LogP contribution in [0.3, 0.4) is 0 Å². The van der Waals surface area contributed by atoms with Gasteiger partial charge in [0.15, 0.2) is 0 Å². The first-order valence-corrected chi connectivity index (χ1v) is 9.86. The maximum Gasteiger partial charge on any atom is 0.313 e. The minimum absolute atomic E-state index is 0.0833. The maximum absolute atomic E-state index is 9.29. The molecule has 2 heterocycles. The predicted octanol–water partition coefficient (Wildman–Crippen LogP) is 5.89. The van der Waals surface area contributed by atoms with E-state index in [1.807, 2.05) is 37.3 Å². The number of aliphatic carboxylic acids is 1. The Kier molecular flexibility index (Phi) is 8.39. The van der Waals surface area contributed by atoms with Crippen molar-refractivity contribution in [1.82, 2.24) is 9.97 Å². The number of hydrogen-bond donors (Lipinski definition) is 3. The lowest BCUT2D eigenvalue weighted by atomic mass is 10.2. The summed E-state index contributed by atoms with van der Waals surface area (Å²) in [5.74, 6) is -0.136. The average Bonchev–Trinajstić information content (AvgIpc) is 3.17. The van der Waals surface area contributed by atoms with Gasteiger partial charge >= 0.3 is 5.97 Å². The highest BCUT2D eigenvalue weighted by Crippen LogP contribution is 2.36. The monoisotopic (exact) mass is 418 g/mol. The Bertz CT molecular complexity index is 938. The standard InChI is InChI=1S/C18H15ClN2S.C2H4O2S/c1-13-20-11-9-15(16(19)10-12-21-13)18-8-7-17(22-18)14-5-3-2-4-6-14;3-2(4)1-5/h2-12H,1H3,(H,20,21);5H,1H2,(H,3,4). The molecule has 3 rings (SSSR count). The molecule has 3 aromatic rings. The number of hydrogen-bond acceptors (Lipinski definition) is 4. The third-order valence-corrected chi connectivity index (χ3v) is 5.12. The number of carbonyl (C=O) groups is 1. The zero-order chi connectivity index (χ0) is 19.6. The van der Waals surface area contributed by atoms with Crippen LogP contribution in [0.1, 0.15) is 5.82 Å². The van der Waals surface area contributed by atoms with E-state index >= 15 is 0 Å². The Morgan fingerprint density at radius 3 is 2.48 bits per heavy atom. The largest absolute Gasteiger partial charge is 0.481 e. The van der Waals surface area contributed by atoms with Gasteiger partial charge in [-0.05, 0) is 36.8 Å². The van der Waals surface area contributed by atoms with E-state index in [-0.39, 0.29) is 5.75 Å². The smallest absolute Gasteiger partial charge is 0.313 e. The molecule has 0 aliphatic carbocycles. The maximum atomic E-state index is 9.29. The van der Waals surface area contributed by atoms with Crippen molar-refractivity contribution < 1.29 is 9.90 Å². The van der Waals surface area contributed by atoms with E-state index in [2.05, 4.69) is 46.9 Å². The fourth-order valence-electron chi connectivity index (χ4n) is 2.11. The summed E-state index contributed by atoms with van der Waals surface area (Å²) in [7, 11) is 0. The summed E-state index contributed by atoms with van der Waals surface area (Å²) in [4.78, 5) is 19.0. The summed E-state index contributed by atoms with van der Waals surface area (Å²) in [5, 5.41) is 8.34. The number of carboxylic acids is 1. The molecule has 4 nitrogen and oxygen atoms in total. The van der Waals surface area contributed by atoms with Gasteiger partial charge in [-0.25, -0.2) is 4.98 Å². The van der Waals surface area contributed by atoms with Gasteiger partial charge < -0.3 is 10.1 Å². The highest BCUT2D eigenvalue weighted by Gasteiger charge is 2.06. The van der Waals surface area contributed by atoms with E-state index < -0.39 is 5.97 Å². The van der Waals surface area contributed by atoms with Gasteiger partial charge in [0.25, 0.3) is 0 Å². The quantitative estimate of drug-likeness (QED) is 0.464. The Balaban J connectivity index is 0.000000465. The number of thiophene rings is 1. The van der Waals surface area contributed by atoms with E-state index in [0.717, 1.165) is 16.3 Å². The molecule has 0 radical (unpaired) electrons. The number of halogens is 1. The molecule has 27 heavy (non-hydrogen) atoms. The summed E-state index contributed by atoms with van der Waals surface area (Å²) in [6, 6.07) is 18.4. The van der Waals surface area contributed by atoms with Gasteiger partial charge in [0.1, 0.15) is 5.82 Å². The number of aryl methyl sites for hydroxylation is 1. The van der Waals surface area contributed by atoms with Crippen molar-refractivity contribution in [2.24, 2.45) is 0 Å². The van der Waals surface area contributed by atoms with Crippen LogP contribution >= 0.6 is 35.6 Å². The number of nitrogens with zero attached hydrogens (tertiary/aromatic N) is 1. The molecular weight excluding hydrogens is 400 g/mol. The van der Waals surface area contributed by atoms with E-state index in [1.54, 1.807) is 23.7 Å². The van der Waals surface area contributed by atoms with Crippen molar-refractivity contribution in [1.29, 1.82) is 0 Å². The summed E-state index contributed by atoms with van der Waals surface area (Å²) in [5.41, 5.74) is 2.19. The molecule has 1 aromatic carbocycles. The van der Waals surface area contributed by atoms with Gasteiger partial charge in [-0.2, -0.15) is 12.6 Å². The van der Waals surface area contributed by atoms with E-state index in [4.69, 9.17) is 16.7 Å². The molecule has 0 saturated carbocycles. The Hall–Kier alpha value is -2.28. The highest BCUT2D eigenvalue weighted by atomic mass is 35.5. The molecule has 0 saturated heterocycles. The van der Waals surface area contributed by atoms with Crippen molar-refractivity contribution in [3.8, 4) is 20.9 Å². The lowest BCUT2D eigenvalue weighted by Gasteiger charge is -1.98. The van der Waals surface area contributed by atoms with Crippen LogP contribution in [0.15, 0.2) is 67.0 Å². The first kappa shape index (κ1) is 21.0. The fourth-order valence-corrected chi connectivity index (χ4v) is 3.44. The van der Waals surface area contributed by atoms with Gasteiger partial charge in [-0.3, -0.25) is 4.79 Å². The Labute approximate surface area is 172 Å². The van der Waals surface area contributed by atoms with Crippen molar-refractivity contribution >= 4 is 41.5 Å². The molecule has 0 fully saturated rings. The van der Waals surface area contributed by atoms with E-state index in [9.17, 15) is 4.79 Å². The Morgan fingerprint density at radius 2 is 1.81 bits per heavy atom. The van der Waals surface area contributed by atoms with E-state index in [0.29, 0.717) is 5.02 Å². The first-order chi connectivity index (χ1) is 13.0. The number of aromatic nitrogens is 2. The van der Waals surface area contributed by atoms with Crippen molar-refractivity contribution in [2.75, 3.05) is 5.75 Å². The molecule has 2 aromatic heterocycles. The molecule has 2 N–H and O–H groups in total. The van der Waals surface area contributed by atoms with Crippen LogP contribution < -0.4 is 0 Å². The van der Waals surface area contributed by atoms with Crippen molar-refractivity contribution in [3.05, 3.63) is 77.8 Å². The number of H-pyrrole nitrogens is 1. The molecule has 0 amide bonds. The lowest BCUT2D eigenvalue weighted by molar-refractivity contribution is -0.133. The molecule has 7 heteroatoms. The molecule has 0 unspecified atom stereocenters. The zero-order valence-electron chi connectivity index (χ0n) is 14.6. The third kappa shape index (κ3) is 6.75.